The molecule has 1 aliphatic heterocycles. The van der Waals surface area contributed by atoms with Gasteiger partial charge in [0.05, 0.1) is 18.2 Å². The highest BCUT2D eigenvalue weighted by Gasteiger charge is 2.26. The number of imidazole rings is 1. The second kappa shape index (κ2) is 6.08. The number of nitrogens with zero attached hydrogens (tertiary/aromatic N) is 3. The standard InChI is InChI=1S/C17H23N3O2/c1-12(2)10-15-18-16(14-6-4-5-7-20(14)15)17(21)19-8-9-22-13(3)11-19/h4-7,12-13H,8-11H2,1-3H3. The van der Waals surface area contributed by atoms with Gasteiger partial charge in [-0.2, -0.15) is 0 Å². The maximum Gasteiger partial charge on any atom is 0.274 e. The minimum Gasteiger partial charge on any atom is -0.375 e. The number of ether oxygens (including phenoxy) is 1. The largest absolute Gasteiger partial charge is 0.375 e. The van der Waals surface area contributed by atoms with Crippen molar-refractivity contribution < 1.29 is 9.53 Å². The molecule has 2 aromatic heterocycles. The van der Waals surface area contributed by atoms with Crippen molar-refractivity contribution in [3.8, 4) is 0 Å². The number of amides is 1. The van der Waals surface area contributed by atoms with Crippen molar-refractivity contribution in [3.05, 3.63) is 35.9 Å². The van der Waals surface area contributed by atoms with Crippen LogP contribution in [0.15, 0.2) is 24.4 Å². The molecule has 1 atom stereocenters. The molecule has 1 saturated heterocycles. The highest BCUT2D eigenvalue weighted by Crippen LogP contribution is 2.19. The van der Waals surface area contributed by atoms with Gasteiger partial charge in [-0.1, -0.05) is 19.9 Å². The van der Waals surface area contributed by atoms with Crippen LogP contribution in [0.5, 0.6) is 0 Å². The second-order valence-corrected chi connectivity index (χ2v) is 6.36. The molecule has 5 nitrogen and oxygen atoms in total. The van der Waals surface area contributed by atoms with Crippen LogP contribution in [0.1, 0.15) is 37.1 Å². The quantitative estimate of drug-likeness (QED) is 0.874. The lowest BCUT2D eigenvalue weighted by Gasteiger charge is -2.30. The zero-order valence-electron chi connectivity index (χ0n) is 13.5. The molecule has 5 heteroatoms. The Kier molecular flexibility index (Phi) is 4.16. The van der Waals surface area contributed by atoms with Crippen LogP contribution in [-0.2, 0) is 11.2 Å². The zero-order chi connectivity index (χ0) is 15.7. The number of hydrogen-bond acceptors (Lipinski definition) is 3. The van der Waals surface area contributed by atoms with Gasteiger partial charge < -0.3 is 14.0 Å². The van der Waals surface area contributed by atoms with E-state index >= 15 is 0 Å². The van der Waals surface area contributed by atoms with Crippen LogP contribution in [-0.4, -0.2) is 46.0 Å². The van der Waals surface area contributed by atoms with Gasteiger partial charge in [0.1, 0.15) is 5.82 Å². The van der Waals surface area contributed by atoms with E-state index in [0.29, 0.717) is 31.3 Å². The monoisotopic (exact) mass is 301 g/mol. The molecule has 0 bridgehead atoms. The molecule has 0 radical (unpaired) electrons. The summed E-state index contributed by atoms with van der Waals surface area (Å²) < 4.78 is 7.56. The maximum atomic E-state index is 12.9. The summed E-state index contributed by atoms with van der Waals surface area (Å²) in [5.41, 5.74) is 1.45. The van der Waals surface area contributed by atoms with E-state index in [4.69, 9.17) is 4.74 Å². The van der Waals surface area contributed by atoms with Crippen molar-refractivity contribution in [2.24, 2.45) is 5.92 Å². The van der Waals surface area contributed by atoms with E-state index in [9.17, 15) is 4.79 Å². The molecular weight excluding hydrogens is 278 g/mol. The molecule has 0 N–H and O–H groups in total. The summed E-state index contributed by atoms with van der Waals surface area (Å²) in [6.07, 6.45) is 2.93. The van der Waals surface area contributed by atoms with Crippen LogP contribution in [0.2, 0.25) is 0 Å². The van der Waals surface area contributed by atoms with Crippen molar-refractivity contribution in [3.63, 3.8) is 0 Å². The Bertz CT molecular complexity index is 678. The Labute approximate surface area is 130 Å². The van der Waals surface area contributed by atoms with Gasteiger partial charge in [0.2, 0.25) is 0 Å². The fraction of sp³-hybridized carbons (Fsp3) is 0.529. The predicted octanol–water partition coefficient (Wildman–Crippen LogP) is 2.39. The van der Waals surface area contributed by atoms with Gasteiger partial charge in [-0.15, -0.1) is 0 Å². The third-order valence-corrected chi connectivity index (χ3v) is 3.94. The molecule has 2 aromatic rings. The van der Waals surface area contributed by atoms with Gasteiger partial charge in [-0.25, -0.2) is 4.98 Å². The van der Waals surface area contributed by atoms with E-state index in [1.54, 1.807) is 0 Å². The summed E-state index contributed by atoms with van der Waals surface area (Å²) in [6.45, 7) is 8.18. The third-order valence-electron chi connectivity index (χ3n) is 3.94. The first-order valence-corrected chi connectivity index (χ1v) is 7.93. The Morgan fingerprint density at radius 2 is 2.27 bits per heavy atom. The fourth-order valence-electron chi connectivity index (χ4n) is 2.92. The number of fused-ring (bicyclic) bond motifs is 1. The summed E-state index contributed by atoms with van der Waals surface area (Å²) in [6, 6.07) is 5.90. The summed E-state index contributed by atoms with van der Waals surface area (Å²) >= 11 is 0. The lowest BCUT2D eigenvalue weighted by atomic mass is 10.1. The molecule has 3 heterocycles. The van der Waals surface area contributed by atoms with Gasteiger partial charge in [0.15, 0.2) is 5.69 Å². The number of carbonyl (C=O) groups is 1. The molecule has 3 rings (SSSR count). The summed E-state index contributed by atoms with van der Waals surface area (Å²) in [5, 5.41) is 0. The highest BCUT2D eigenvalue weighted by atomic mass is 16.5. The number of hydrogen-bond donors (Lipinski definition) is 0. The van der Waals surface area contributed by atoms with Crippen molar-refractivity contribution in [2.45, 2.75) is 33.3 Å². The topological polar surface area (TPSA) is 46.8 Å². The molecule has 1 amide bonds. The van der Waals surface area contributed by atoms with Crippen LogP contribution < -0.4 is 0 Å². The van der Waals surface area contributed by atoms with Crippen LogP contribution in [0, 0.1) is 5.92 Å². The first kappa shape index (κ1) is 15.0. The Balaban J connectivity index is 1.97. The molecule has 0 spiro atoms. The molecule has 118 valence electrons. The average molecular weight is 301 g/mol. The molecule has 22 heavy (non-hydrogen) atoms. The molecule has 0 aromatic carbocycles. The van der Waals surface area contributed by atoms with E-state index in [0.717, 1.165) is 17.8 Å². The minimum atomic E-state index is 0.00820. The Morgan fingerprint density at radius 3 is 3.00 bits per heavy atom. The van der Waals surface area contributed by atoms with E-state index in [1.165, 1.54) is 0 Å². The number of pyridine rings is 1. The molecular formula is C17H23N3O2. The molecule has 0 saturated carbocycles. The third kappa shape index (κ3) is 2.86. The number of rotatable bonds is 3. The Morgan fingerprint density at radius 1 is 1.45 bits per heavy atom. The summed E-state index contributed by atoms with van der Waals surface area (Å²) in [5.74, 6) is 1.46. The highest BCUT2D eigenvalue weighted by molar-refractivity contribution is 5.99. The lowest BCUT2D eigenvalue weighted by Crippen LogP contribution is -2.44. The van der Waals surface area contributed by atoms with Crippen LogP contribution >= 0.6 is 0 Å². The van der Waals surface area contributed by atoms with Gasteiger partial charge >= 0.3 is 0 Å². The van der Waals surface area contributed by atoms with Gasteiger partial charge in [-0.3, -0.25) is 4.79 Å². The number of morpholine rings is 1. The number of carbonyl (C=O) groups excluding carboxylic acids is 1. The summed E-state index contributed by atoms with van der Waals surface area (Å²) in [4.78, 5) is 19.4. The van der Waals surface area contributed by atoms with E-state index in [1.807, 2.05) is 40.6 Å². The van der Waals surface area contributed by atoms with E-state index < -0.39 is 0 Å². The molecule has 1 aliphatic rings. The van der Waals surface area contributed by atoms with Crippen molar-refractivity contribution in [1.29, 1.82) is 0 Å². The minimum absolute atomic E-state index is 0.00820. The number of aromatic nitrogens is 2. The zero-order valence-corrected chi connectivity index (χ0v) is 13.5. The first-order valence-electron chi connectivity index (χ1n) is 7.93. The van der Waals surface area contributed by atoms with Crippen molar-refractivity contribution >= 4 is 11.4 Å². The van der Waals surface area contributed by atoms with Crippen molar-refractivity contribution in [2.75, 3.05) is 19.7 Å². The van der Waals surface area contributed by atoms with Crippen LogP contribution in [0.25, 0.3) is 5.52 Å². The molecule has 1 unspecified atom stereocenters. The van der Waals surface area contributed by atoms with Gasteiger partial charge in [0.25, 0.3) is 5.91 Å². The van der Waals surface area contributed by atoms with E-state index in [2.05, 4.69) is 18.8 Å². The molecule has 0 aliphatic carbocycles. The Hall–Kier alpha value is -1.88. The van der Waals surface area contributed by atoms with Gasteiger partial charge in [0, 0.05) is 25.7 Å². The fourth-order valence-corrected chi connectivity index (χ4v) is 2.92. The van der Waals surface area contributed by atoms with Crippen LogP contribution in [0.3, 0.4) is 0 Å². The smallest absolute Gasteiger partial charge is 0.274 e. The van der Waals surface area contributed by atoms with Gasteiger partial charge in [-0.05, 0) is 25.0 Å². The lowest BCUT2D eigenvalue weighted by molar-refractivity contribution is -0.0125. The maximum absolute atomic E-state index is 12.9. The second-order valence-electron chi connectivity index (χ2n) is 6.36. The van der Waals surface area contributed by atoms with Crippen molar-refractivity contribution in [1.82, 2.24) is 14.3 Å². The summed E-state index contributed by atoms with van der Waals surface area (Å²) in [7, 11) is 0. The van der Waals surface area contributed by atoms with Crippen LogP contribution in [0.4, 0.5) is 0 Å². The van der Waals surface area contributed by atoms with E-state index in [-0.39, 0.29) is 12.0 Å². The first-order chi connectivity index (χ1) is 10.6. The predicted molar refractivity (Wildman–Crippen MR) is 85.1 cm³/mol. The average Bonchev–Trinajstić information content (AvgIpc) is 2.85. The normalized spacial score (nSPS) is 19.1. The SMILES string of the molecule is CC(C)Cc1nc(C(=O)N2CCOC(C)C2)c2ccccn12. The molecule has 1 fully saturated rings.